The first kappa shape index (κ1) is 39.2. The minimum Gasteiger partial charge on any atom is -0.496 e. The highest BCUT2D eigenvalue weighted by Gasteiger charge is 2.26. The molecule has 296 valence electrons. The van der Waals surface area contributed by atoms with Gasteiger partial charge in [0.2, 0.25) is 10.0 Å². The summed E-state index contributed by atoms with van der Waals surface area (Å²) in [6.45, 7) is 12.8. The van der Waals surface area contributed by atoms with Crippen LogP contribution >= 0.6 is 0 Å². The highest BCUT2D eigenvalue weighted by molar-refractivity contribution is 7.92. The maximum atomic E-state index is 14.1. The lowest BCUT2D eigenvalue weighted by Crippen LogP contribution is -2.29. The normalized spacial score (nSPS) is 14.7. The standard InChI is InChI=1S/C40H50N8O6SSi/c1-27-14-17-47-36(27)40(49)48(31-10-8-7-9-11-31)38(44-47)28(2)43-37-35-33(23-46(39(35)42-25-41-37)26-54-20-21-56(4,5)6)32-13-12-30(22-34(32)52-3)45-55(50,51)24-29-15-18-53-19-16-29/h7-14,17,22-23,25,28-29,45H,15-16,18-21,24,26H2,1-6H3,(H,41,42,43). The lowest BCUT2D eigenvalue weighted by Gasteiger charge is -2.22. The van der Waals surface area contributed by atoms with Crippen LogP contribution in [0.3, 0.4) is 0 Å². The summed E-state index contributed by atoms with van der Waals surface area (Å²) < 4.78 is 51.9. The van der Waals surface area contributed by atoms with Gasteiger partial charge in [0, 0.05) is 57.5 Å². The van der Waals surface area contributed by atoms with Crippen LogP contribution in [0.15, 0.2) is 78.1 Å². The molecular weight excluding hydrogens is 749 g/mol. The number of anilines is 2. The highest BCUT2D eigenvalue weighted by atomic mass is 32.2. The molecule has 4 aromatic heterocycles. The summed E-state index contributed by atoms with van der Waals surface area (Å²) in [5.74, 6) is 1.54. The van der Waals surface area contributed by atoms with Crippen molar-refractivity contribution < 1.29 is 22.6 Å². The van der Waals surface area contributed by atoms with Crippen LogP contribution in [0.4, 0.5) is 11.5 Å². The number of para-hydroxylation sites is 1. The van der Waals surface area contributed by atoms with Crippen molar-refractivity contribution in [1.82, 2.24) is 28.7 Å². The van der Waals surface area contributed by atoms with E-state index < -0.39 is 24.1 Å². The second-order valence-electron chi connectivity index (χ2n) is 15.6. The molecule has 0 radical (unpaired) electrons. The molecule has 56 heavy (non-hydrogen) atoms. The third-order valence-corrected chi connectivity index (χ3v) is 13.3. The molecule has 1 saturated heterocycles. The molecular formula is C40H50N8O6SSi. The van der Waals surface area contributed by atoms with Gasteiger partial charge in [-0.3, -0.25) is 14.1 Å². The molecule has 2 aromatic carbocycles. The van der Waals surface area contributed by atoms with Gasteiger partial charge in [-0.1, -0.05) is 37.8 Å². The summed E-state index contributed by atoms with van der Waals surface area (Å²) in [5.41, 5.74) is 4.35. The van der Waals surface area contributed by atoms with Crippen LogP contribution in [-0.4, -0.2) is 77.9 Å². The number of benzene rings is 2. The number of nitrogens with one attached hydrogen (secondary N) is 2. The van der Waals surface area contributed by atoms with Gasteiger partial charge >= 0.3 is 0 Å². The van der Waals surface area contributed by atoms with Crippen LogP contribution in [-0.2, 0) is 26.2 Å². The third kappa shape index (κ3) is 8.52. The molecule has 1 atom stereocenters. The van der Waals surface area contributed by atoms with E-state index in [2.05, 4.69) is 29.7 Å². The number of sulfonamides is 1. The van der Waals surface area contributed by atoms with Crippen LogP contribution in [0.5, 0.6) is 5.75 Å². The molecule has 5 heterocycles. The van der Waals surface area contributed by atoms with Crippen molar-refractivity contribution in [1.29, 1.82) is 0 Å². The van der Waals surface area contributed by atoms with Gasteiger partial charge in [0.1, 0.15) is 35.8 Å². The van der Waals surface area contributed by atoms with E-state index in [0.29, 0.717) is 83.5 Å². The van der Waals surface area contributed by atoms with Crippen molar-refractivity contribution in [3.05, 3.63) is 95.1 Å². The van der Waals surface area contributed by atoms with E-state index in [1.807, 2.05) is 67.1 Å². The Balaban J connectivity index is 1.29. The molecule has 1 unspecified atom stereocenters. The second kappa shape index (κ2) is 16.2. The van der Waals surface area contributed by atoms with Gasteiger partial charge in [0.25, 0.3) is 5.56 Å². The van der Waals surface area contributed by atoms with Crippen molar-refractivity contribution in [2.45, 2.75) is 65.1 Å². The fourth-order valence-corrected chi connectivity index (χ4v) is 9.39. The molecule has 0 amide bonds. The largest absolute Gasteiger partial charge is 0.496 e. The molecule has 1 fully saturated rings. The van der Waals surface area contributed by atoms with E-state index in [1.165, 1.54) is 6.33 Å². The summed E-state index contributed by atoms with van der Waals surface area (Å²) in [5, 5.41) is 9.20. The highest BCUT2D eigenvalue weighted by Crippen LogP contribution is 2.40. The number of hydrogen-bond donors (Lipinski definition) is 2. The maximum absolute atomic E-state index is 14.1. The zero-order valence-electron chi connectivity index (χ0n) is 32.8. The molecule has 7 rings (SSSR count). The molecule has 1 aliphatic heterocycles. The summed E-state index contributed by atoms with van der Waals surface area (Å²) in [6.07, 6.45) is 6.69. The minimum absolute atomic E-state index is 0.0278. The molecule has 14 nitrogen and oxygen atoms in total. The van der Waals surface area contributed by atoms with Crippen LogP contribution in [0, 0.1) is 12.8 Å². The van der Waals surface area contributed by atoms with E-state index in [-0.39, 0.29) is 24.0 Å². The molecule has 2 N–H and O–H groups in total. The Kier molecular flexibility index (Phi) is 11.4. The Morgan fingerprint density at radius 3 is 2.54 bits per heavy atom. The van der Waals surface area contributed by atoms with Crippen molar-refractivity contribution in [2.24, 2.45) is 5.92 Å². The average molecular weight is 799 g/mol. The lowest BCUT2D eigenvalue weighted by atomic mass is 10.0. The Morgan fingerprint density at radius 2 is 1.80 bits per heavy atom. The summed E-state index contributed by atoms with van der Waals surface area (Å²) in [7, 11) is -3.38. The van der Waals surface area contributed by atoms with Gasteiger partial charge in [0.15, 0.2) is 5.82 Å². The first-order chi connectivity index (χ1) is 26.8. The van der Waals surface area contributed by atoms with E-state index >= 15 is 0 Å². The fraction of sp³-hybridized carbons (Fsp3) is 0.400. The van der Waals surface area contributed by atoms with Gasteiger partial charge in [-0.15, -0.1) is 0 Å². The van der Waals surface area contributed by atoms with Gasteiger partial charge in [-0.05, 0) is 74.5 Å². The van der Waals surface area contributed by atoms with Crippen LogP contribution in [0.25, 0.3) is 33.4 Å². The van der Waals surface area contributed by atoms with Crippen molar-refractivity contribution >= 4 is 46.2 Å². The van der Waals surface area contributed by atoms with Gasteiger partial charge < -0.3 is 24.1 Å². The first-order valence-electron chi connectivity index (χ1n) is 18.9. The van der Waals surface area contributed by atoms with Crippen molar-refractivity contribution in [3.8, 4) is 22.6 Å². The second-order valence-corrected chi connectivity index (χ2v) is 23.0. The van der Waals surface area contributed by atoms with Gasteiger partial charge in [0.05, 0.1) is 35.7 Å². The molecule has 0 spiro atoms. The topological polar surface area (TPSA) is 156 Å². The van der Waals surface area contributed by atoms with Crippen LogP contribution in [0.1, 0.15) is 37.2 Å². The number of methoxy groups -OCH3 is 1. The first-order valence-corrected chi connectivity index (χ1v) is 24.3. The molecule has 0 saturated carbocycles. The summed E-state index contributed by atoms with van der Waals surface area (Å²) in [4.78, 5) is 23.5. The predicted molar refractivity (Wildman–Crippen MR) is 222 cm³/mol. The van der Waals surface area contributed by atoms with Crippen molar-refractivity contribution in [3.63, 3.8) is 0 Å². The zero-order chi connectivity index (χ0) is 39.6. The summed E-state index contributed by atoms with van der Waals surface area (Å²) in [6, 6.07) is 17.1. The number of ether oxygens (including phenoxy) is 3. The Bertz CT molecular complexity index is 2510. The number of aromatic nitrogens is 6. The van der Waals surface area contributed by atoms with E-state index in [1.54, 1.807) is 34.5 Å². The van der Waals surface area contributed by atoms with E-state index in [4.69, 9.17) is 29.3 Å². The number of aryl methyl sites for hydroxylation is 1. The third-order valence-electron chi connectivity index (χ3n) is 10.1. The van der Waals surface area contributed by atoms with Gasteiger partial charge in [-0.2, -0.15) is 5.10 Å². The number of fused-ring (bicyclic) bond motifs is 2. The number of hydrogen-bond acceptors (Lipinski definition) is 10. The molecule has 0 aliphatic carbocycles. The summed E-state index contributed by atoms with van der Waals surface area (Å²) >= 11 is 0. The number of nitrogens with zero attached hydrogens (tertiary/aromatic N) is 6. The number of rotatable bonds is 15. The Morgan fingerprint density at radius 1 is 1.04 bits per heavy atom. The molecule has 6 aromatic rings. The van der Waals surface area contributed by atoms with E-state index in [0.717, 1.165) is 17.2 Å². The molecule has 1 aliphatic rings. The quantitative estimate of drug-likeness (QED) is 0.0831. The minimum atomic E-state index is -3.62. The fourth-order valence-electron chi connectivity index (χ4n) is 7.11. The van der Waals surface area contributed by atoms with Crippen molar-refractivity contribution in [2.75, 3.05) is 42.7 Å². The Hall–Kier alpha value is -5.03. The Labute approximate surface area is 327 Å². The maximum Gasteiger partial charge on any atom is 0.282 e. The van der Waals surface area contributed by atoms with E-state index in [9.17, 15) is 13.2 Å². The van der Waals surface area contributed by atoms with Crippen LogP contribution in [0.2, 0.25) is 25.7 Å². The smallest absolute Gasteiger partial charge is 0.282 e. The monoisotopic (exact) mass is 798 g/mol. The molecule has 16 heteroatoms. The molecule has 0 bridgehead atoms. The van der Waals surface area contributed by atoms with Crippen LogP contribution < -0.4 is 20.3 Å². The lowest BCUT2D eigenvalue weighted by molar-refractivity contribution is 0.0724. The predicted octanol–water partition coefficient (Wildman–Crippen LogP) is 6.87. The SMILES string of the molecule is COc1cc(NS(=O)(=O)CC2CCOCC2)ccc1-c1cn(COCC[Si](C)(C)C)c2ncnc(NC(C)c3nn4ccc(C)c4c(=O)n3-c3ccccc3)c12. The van der Waals surface area contributed by atoms with Gasteiger partial charge in [-0.25, -0.2) is 22.9 Å². The average Bonchev–Trinajstić information content (AvgIpc) is 3.73. The zero-order valence-corrected chi connectivity index (χ0v) is 34.6.